The predicted molar refractivity (Wildman–Crippen MR) is 84.0 cm³/mol. The van der Waals surface area contributed by atoms with Gasteiger partial charge in [-0.25, -0.2) is 0 Å². The van der Waals surface area contributed by atoms with E-state index >= 15 is 0 Å². The summed E-state index contributed by atoms with van der Waals surface area (Å²) in [6.07, 6.45) is 0. The molecule has 0 aliphatic carbocycles. The van der Waals surface area contributed by atoms with Gasteiger partial charge in [0, 0.05) is 11.0 Å². The van der Waals surface area contributed by atoms with Crippen molar-refractivity contribution in [2.45, 2.75) is 19.0 Å². The van der Waals surface area contributed by atoms with Crippen LogP contribution < -0.4 is 11.1 Å². The van der Waals surface area contributed by atoms with Gasteiger partial charge in [0.05, 0.1) is 0 Å². The molecule has 0 aliphatic rings. The van der Waals surface area contributed by atoms with Crippen molar-refractivity contribution in [2.75, 3.05) is 0 Å². The number of carbonyl (C=O) groups excluding carboxylic acids is 1. The maximum Gasteiger partial charge on any atom is 0.242 e. The van der Waals surface area contributed by atoms with Gasteiger partial charge in [0.15, 0.2) is 0 Å². The number of halogens is 1. The highest BCUT2D eigenvalue weighted by Gasteiger charge is 2.32. The summed E-state index contributed by atoms with van der Waals surface area (Å²) in [7, 11) is 0. The van der Waals surface area contributed by atoms with Crippen molar-refractivity contribution in [3.63, 3.8) is 0 Å². The van der Waals surface area contributed by atoms with E-state index in [1.807, 2.05) is 61.5 Å². The summed E-state index contributed by atoms with van der Waals surface area (Å²) in [5.41, 5.74) is 6.66. The van der Waals surface area contributed by atoms with Gasteiger partial charge < -0.3 is 5.73 Å². The zero-order valence-electron chi connectivity index (χ0n) is 11.3. The molecule has 0 bridgehead atoms. The van der Waals surface area contributed by atoms with Gasteiger partial charge in [-0.15, -0.1) is 0 Å². The Kier molecular flexibility index (Phi) is 4.57. The molecular formula is C16H17BrN2O. The van der Waals surface area contributed by atoms with Crippen molar-refractivity contribution in [3.8, 4) is 0 Å². The summed E-state index contributed by atoms with van der Waals surface area (Å²) >= 11 is 3.39. The Morgan fingerprint density at radius 3 is 2.30 bits per heavy atom. The SMILES string of the molecule is CC(NCc1ccccc1)(C(N)=O)c1ccc(Br)cc1. The van der Waals surface area contributed by atoms with E-state index in [4.69, 9.17) is 5.73 Å². The highest BCUT2D eigenvalue weighted by molar-refractivity contribution is 9.10. The van der Waals surface area contributed by atoms with Crippen LogP contribution in [0.5, 0.6) is 0 Å². The summed E-state index contributed by atoms with van der Waals surface area (Å²) < 4.78 is 0.969. The summed E-state index contributed by atoms with van der Waals surface area (Å²) in [6.45, 7) is 2.39. The molecule has 104 valence electrons. The van der Waals surface area contributed by atoms with Crippen molar-refractivity contribution in [1.29, 1.82) is 0 Å². The van der Waals surface area contributed by atoms with E-state index < -0.39 is 11.4 Å². The van der Waals surface area contributed by atoms with Crippen molar-refractivity contribution >= 4 is 21.8 Å². The van der Waals surface area contributed by atoms with Crippen molar-refractivity contribution in [1.82, 2.24) is 5.32 Å². The number of nitrogens with one attached hydrogen (secondary N) is 1. The van der Waals surface area contributed by atoms with Crippen LogP contribution in [0.2, 0.25) is 0 Å². The standard InChI is InChI=1S/C16H17BrN2O/c1-16(15(18)20,13-7-9-14(17)10-8-13)19-11-12-5-3-2-4-6-12/h2-10,19H,11H2,1H3,(H2,18,20). The Bertz CT molecular complexity index is 583. The fourth-order valence-corrected chi connectivity index (χ4v) is 2.25. The van der Waals surface area contributed by atoms with Gasteiger partial charge in [-0.3, -0.25) is 10.1 Å². The van der Waals surface area contributed by atoms with Gasteiger partial charge in [0.2, 0.25) is 5.91 Å². The lowest BCUT2D eigenvalue weighted by Crippen LogP contribution is -2.50. The Hall–Kier alpha value is -1.65. The number of hydrogen-bond donors (Lipinski definition) is 2. The van der Waals surface area contributed by atoms with Gasteiger partial charge in [0.25, 0.3) is 0 Å². The zero-order chi connectivity index (χ0) is 14.6. The number of carbonyl (C=O) groups is 1. The Balaban J connectivity index is 2.21. The van der Waals surface area contributed by atoms with Crippen LogP contribution in [0.3, 0.4) is 0 Å². The van der Waals surface area contributed by atoms with E-state index in [1.54, 1.807) is 0 Å². The molecule has 4 heteroatoms. The summed E-state index contributed by atoms with van der Waals surface area (Å²) in [5.74, 6) is -0.393. The van der Waals surface area contributed by atoms with Crippen LogP contribution in [-0.4, -0.2) is 5.91 Å². The van der Waals surface area contributed by atoms with Crippen LogP contribution >= 0.6 is 15.9 Å². The third-order valence-electron chi connectivity index (χ3n) is 3.40. The monoisotopic (exact) mass is 332 g/mol. The van der Waals surface area contributed by atoms with Gasteiger partial charge in [-0.1, -0.05) is 58.4 Å². The van der Waals surface area contributed by atoms with E-state index in [9.17, 15) is 4.79 Å². The second kappa shape index (κ2) is 6.20. The van der Waals surface area contributed by atoms with E-state index in [0.29, 0.717) is 6.54 Å². The number of benzene rings is 2. The fourth-order valence-electron chi connectivity index (χ4n) is 1.99. The summed E-state index contributed by atoms with van der Waals surface area (Å²) in [4.78, 5) is 11.9. The van der Waals surface area contributed by atoms with Gasteiger partial charge >= 0.3 is 0 Å². The van der Waals surface area contributed by atoms with E-state index in [1.165, 1.54) is 0 Å². The second-order valence-corrected chi connectivity index (χ2v) is 5.75. The normalized spacial score (nSPS) is 13.7. The smallest absolute Gasteiger partial charge is 0.242 e. The number of hydrogen-bond acceptors (Lipinski definition) is 2. The molecule has 0 saturated heterocycles. The first-order valence-electron chi connectivity index (χ1n) is 6.37. The molecule has 0 aromatic heterocycles. The Morgan fingerprint density at radius 2 is 1.75 bits per heavy atom. The van der Waals surface area contributed by atoms with Crippen LogP contribution in [0.4, 0.5) is 0 Å². The zero-order valence-corrected chi connectivity index (χ0v) is 12.9. The van der Waals surface area contributed by atoms with Crippen molar-refractivity contribution in [2.24, 2.45) is 5.73 Å². The van der Waals surface area contributed by atoms with E-state index in [0.717, 1.165) is 15.6 Å². The van der Waals surface area contributed by atoms with Gasteiger partial charge in [-0.2, -0.15) is 0 Å². The average Bonchev–Trinajstić information content (AvgIpc) is 2.46. The maximum absolute atomic E-state index is 11.9. The minimum Gasteiger partial charge on any atom is -0.368 e. The lowest BCUT2D eigenvalue weighted by atomic mass is 9.91. The molecule has 2 aromatic carbocycles. The molecule has 20 heavy (non-hydrogen) atoms. The minimum absolute atomic E-state index is 0.393. The van der Waals surface area contributed by atoms with E-state index in [2.05, 4.69) is 21.2 Å². The molecule has 1 unspecified atom stereocenters. The molecule has 3 nitrogen and oxygen atoms in total. The molecule has 0 spiro atoms. The number of amides is 1. The highest BCUT2D eigenvalue weighted by Crippen LogP contribution is 2.23. The molecule has 2 aromatic rings. The Labute approximate surface area is 127 Å². The van der Waals surface area contributed by atoms with Crippen molar-refractivity contribution < 1.29 is 4.79 Å². The largest absolute Gasteiger partial charge is 0.368 e. The third-order valence-corrected chi connectivity index (χ3v) is 3.93. The first kappa shape index (κ1) is 14.8. The number of rotatable bonds is 5. The van der Waals surface area contributed by atoms with Crippen LogP contribution in [-0.2, 0) is 16.9 Å². The lowest BCUT2D eigenvalue weighted by Gasteiger charge is -2.28. The minimum atomic E-state index is -0.892. The Morgan fingerprint density at radius 1 is 1.15 bits per heavy atom. The first-order valence-corrected chi connectivity index (χ1v) is 7.16. The molecule has 2 rings (SSSR count). The fraction of sp³-hybridized carbons (Fsp3) is 0.188. The second-order valence-electron chi connectivity index (χ2n) is 4.84. The van der Waals surface area contributed by atoms with Gasteiger partial charge in [-0.05, 0) is 30.2 Å². The van der Waals surface area contributed by atoms with Gasteiger partial charge in [0.1, 0.15) is 5.54 Å². The predicted octanol–water partition coefficient (Wildman–Crippen LogP) is 2.94. The molecule has 3 N–H and O–H groups in total. The molecular weight excluding hydrogens is 316 g/mol. The van der Waals surface area contributed by atoms with Crippen LogP contribution in [0.25, 0.3) is 0 Å². The molecule has 0 radical (unpaired) electrons. The van der Waals surface area contributed by atoms with E-state index in [-0.39, 0.29) is 0 Å². The topological polar surface area (TPSA) is 55.1 Å². The number of nitrogens with two attached hydrogens (primary N) is 1. The van der Waals surface area contributed by atoms with Crippen molar-refractivity contribution in [3.05, 3.63) is 70.2 Å². The molecule has 0 aliphatic heterocycles. The molecule has 0 heterocycles. The molecule has 1 amide bonds. The number of primary amides is 1. The third kappa shape index (κ3) is 3.26. The lowest BCUT2D eigenvalue weighted by molar-refractivity contribution is -0.124. The molecule has 0 fully saturated rings. The summed E-state index contributed by atoms with van der Waals surface area (Å²) in [6, 6.07) is 17.5. The quantitative estimate of drug-likeness (QED) is 0.884. The molecule has 1 atom stereocenters. The average molecular weight is 333 g/mol. The molecule has 0 saturated carbocycles. The summed E-state index contributed by atoms with van der Waals surface area (Å²) in [5, 5.41) is 3.26. The highest BCUT2D eigenvalue weighted by atomic mass is 79.9. The van der Waals surface area contributed by atoms with Crippen LogP contribution in [0, 0.1) is 0 Å². The van der Waals surface area contributed by atoms with Crippen LogP contribution in [0.15, 0.2) is 59.1 Å². The van der Waals surface area contributed by atoms with Crippen LogP contribution in [0.1, 0.15) is 18.1 Å². The maximum atomic E-state index is 11.9. The first-order chi connectivity index (χ1) is 9.52.